The number of hydrogen-bond acceptors (Lipinski definition) is 1. The van der Waals surface area contributed by atoms with Gasteiger partial charge in [-0.15, -0.1) is 0 Å². The maximum absolute atomic E-state index is 14.1. The quantitative estimate of drug-likeness (QED) is 0.885. The average molecular weight is 275 g/mol. The molecule has 1 unspecified atom stereocenters. The van der Waals surface area contributed by atoms with Crippen LogP contribution in [0.4, 0.5) is 8.78 Å². The van der Waals surface area contributed by atoms with Gasteiger partial charge < -0.3 is 5.73 Å². The molecule has 2 N–H and O–H groups in total. The van der Waals surface area contributed by atoms with Crippen LogP contribution >= 0.6 is 0 Å². The molecule has 0 aromatic heterocycles. The van der Waals surface area contributed by atoms with Gasteiger partial charge in [-0.25, -0.2) is 8.78 Å². The second kappa shape index (κ2) is 6.14. The summed E-state index contributed by atoms with van der Waals surface area (Å²) in [6, 6.07) is 9.53. The van der Waals surface area contributed by atoms with Crippen molar-refractivity contribution in [2.24, 2.45) is 5.73 Å². The van der Waals surface area contributed by atoms with Crippen LogP contribution in [0.2, 0.25) is 0 Å². The standard InChI is InChI=1S/C17H19F2N/c1-3-5-12-6-4-7-13(10-12)17(20)15-14(18)9-8-11(2)16(15)19/h4,6-10,17H,3,5,20H2,1-2H3. The smallest absolute Gasteiger partial charge is 0.134 e. The molecular formula is C17H19F2N. The van der Waals surface area contributed by atoms with Crippen LogP contribution in [0, 0.1) is 18.6 Å². The van der Waals surface area contributed by atoms with Gasteiger partial charge in [0.15, 0.2) is 0 Å². The van der Waals surface area contributed by atoms with Gasteiger partial charge in [-0.3, -0.25) is 0 Å². The van der Waals surface area contributed by atoms with Crippen molar-refractivity contribution in [1.29, 1.82) is 0 Å². The molecule has 0 aliphatic heterocycles. The summed E-state index contributed by atoms with van der Waals surface area (Å²) >= 11 is 0. The lowest BCUT2D eigenvalue weighted by Crippen LogP contribution is -2.16. The molecule has 0 saturated carbocycles. The molecule has 2 aromatic carbocycles. The van der Waals surface area contributed by atoms with E-state index in [1.54, 1.807) is 6.92 Å². The highest BCUT2D eigenvalue weighted by Crippen LogP contribution is 2.27. The van der Waals surface area contributed by atoms with E-state index in [9.17, 15) is 8.78 Å². The summed E-state index contributed by atoms with van der Waals surface area (Å²) in [5.74, 6) is -1.15. The zero-order valence-corrected chi connectivity index (χ0v) is 11.8. The van der Waals surface area contributed by atoms with Crippen LogP contribution in [0.25, 0.3) is 0 Å². The number of benzene rings is 2. The fourth-order valence-electron chi connectivity index (χ4n) is 2.36. The minimum absolute atomic E-state index is 0.0568. The molecule has 0 spiro atoms. The minimum Gasteiger partial charge on any atom is -0.320 e. The second-order valence-corrected chi connectivity index (χ2v) is 5.06. The highest BCUT2D eigenvalue weighted by Gasteiger charge is 2.20. The Kier molecular flexibility index (Phi) is 4.50. The number of nitrogens with two attached hydrogens (primary N) is 1. The fourth-order valence-corrected chi connectivity index (χ4v) is 2.36. The summed E-state index contributed by atoms with van der Waals surface area (Å²) in [5.41, 5.74) is 8.29. The maximum Gasteiger partial charge on any atom is 0.134 e. The van der Waals surface area contributed by atoms with Gasteiger partial charge in [0, 0.05) is 5.56 Å². The topological polar surface area (TPSA) is 26.0 Å². The van der Waals surface area contributed by atoms with Crippen molar-refractivity contribution < 1.29 is 8.78 Å². The molecule has 0 radical (unpaired) electrons. The van der Waals surface area contributed by atoms with E-state index in [1.807, 2.05) is 24.3 Å². The van der Waals surface area contributed by atoms with Gasteiger partial charge in [-0.1, -0.05) is 43.7 Å². The predicted octanol–water partition coefficient (Wildman–Crippen LogP) is 4.27. The third kappa shape index (κ3) is 2.88. The van der Waals surface area contributed by atoms with Crippen molar-refractivity contribution in [3.8, 4) is 0 Å². The van der Waals surface area contributed by atoms with Crippen LogP contribution in [0.3, 0.4) is 0 Å². The van der Waals surface area contributed by atoms with E-state index >= 15 is 0 Å². The van der Waals surface area contributed by atoms with E-state index < -0.39 is 17.7 Å². The Bertz CT molecular complexity index is 608. The Labute approximate surface area is 118 Å². The molecule has 2 aromatic rings. The first-order valence-electron chi connectivity index (χ1n) is 6.83. The van der Waals surface area contributed by atoms with Gasteiger partial charge >= 0.3 is 0 Å². The monoisotopic (exact) mass is 275 g/mol. The highest BCUT2D eigenvalue weighted by molar-refractivity contribution is 5.37. The van der Waals surface area contributed by atoms with Crippen molar-refractivity contribution in [3.05, 3.63) is 70.3 Å². The molecule has 0 saturated heterocycles. The minimum atomic E-state index is -0.785. The van der Waals surface area contributed by atoms with Crippen LogP contribution in [-0.2, 0) is 6.42 Å². The summed E-state index contributed by atoms with van der Waals surface area (Å²) < 4.78 is 28.0. The predicted molar refractivity (Wildman–Crippen MR) is 77.6 cm³/mol. The molecule has 0 amide bonds. The largest absolute Gasteiger partial charge is 0.320 e. The van der Waals surface area contributed by atoms with Crippen molar-refractivity contribution >= 4 is 0 Å². The SMILES string of the molecule is CCCc1cccc(C(N)c2c(F)ccc(C)c2F)c1. The van der Waals surface area contributed by atoms with Crippen molar-refractivity contribution in [2.45, 2.75) is 32.7 Å². The van der Waals surface area contributed by atoms with E-state index in [0.29, 0.717) is 5.56 Å². The Morgan fingerprint density at radius 2 is 1.90 bits per heavy atom. The van der Waals surface area contributed by atoms with Crippen LogP contribution in [0.5, 0.6) is 0 Å². The Hall–Kier alpha value is -1.74. The Balaban J connectivity index is 2.43. The maximum atomic E-state index is 14.1. The molecule has 0 bridgehead atoms. The second-order valence-electron chi connectivity index (χ2n) is 5.06. The normalized spacial score (nSPS) is 12.4. The average Bonchev–Trinajstić information content (AvgIpc) is 2.44. The number of rotatable bonds is 4. The molecule has 1 nitrogen and oxygen atoms in total. The first kappa shape index (κ1) is 14.7. The summed E-state index contributed by atoms with van der Waals surface area (Å²) in [4.78, 5) is 0. The Morgan fingerprint density at radius 3 is 2.60 bits per heavy atom. The van der Waals surface area contributed by atoms with E-state index in [4.69, 9.17) is 5.73 Å². The molecule has 106 valence electrons. The van der Waals surface area contributed by atoms with Gasteiger partial charge in [0.1, 0.15) is 11.6 Å². The number of hydrogen-bond donors (Lipinski definition) is 1. The van der Waals surface area contributed by atoms with E-state index in [2.05, 4.69) is 6.92 Å². The third-order valence-corrected chi connectivity index (χ3v) is 3.48. The number of halogens is 2. The van der Waals surface area contributed by atoms with E-state index in [1.165, 1.54) is 12.1 Å². The van der Waals surface area contributed by atoms with Crippen LogP contribution in [0.1, 0.15) is 41.6 Å². The third-order valence-electron chi connectivity index (χ3n) is 3.48. The van der Waals surface area contributed by atoms with Gasteiger partial charge in [0.05, 0.1) is 6.04 Å². The first-order valence-corrected chi connectivity index (χ1v) is 6.83. The molecule has 0 aliphatic rings. The van der Waals surface area contributed by atoms with Crippen molar-refractivity contribution in [2.75, 3.05) is 0 Å². The molecule has 2 rings (SSSR count). The first-order chi connectivity index (χ1) is 9.54. The molecule has 0 heterocycles. The van der Waals surface area contributed by atoms with Gasteiger partial charge in [0.25, 0.3) is 0 Å². The lowest BCUT2D eigenvalue weighted by atomic mass is 9.95. The highest BCUT2D eigenvalue weighted by atomic mass is 19.1. The van der Waals surface area contributed by atoms with Crippen molar-refractivity contribution in [1.82, 2.24) is 0 Å². The zero-order valence-electron chi connectivity index (χ0n) is 11.8. The summed E-state index contributed by atoms with van der Waals surface area (Å²) in [6.07, 6.45) is 1.95. The molecule has 1 atom stereocenters. The molecule has 0 fully saturated rings. The lowest BCUT2D eigenvalue weighted by molar-refractivity contribution is 0.538. The molecular weight excluding hydrogens is 256 g/mol. The summed E-state index contributed by atoms with van der Waals surface area (Å²) in [6.45, 7) is 3.70. The molecule has 3 heteroatoms. The zero-order chi connectivity index (χ0) is 14.7. The van der Waals surface area contributed by atoms with E-state index in [-0.39, 0.29) is 5.56 Å². The number of aryl methyl sites for hydroxylation is 2. The van der Waals surface area contributed by atoms with Crippen LogP contribution < -0.4 is 5.73 Å². The van der Waals surface area contributed by atoms with Gasteiger partial charge in [-0.05, 0) is 36.1 Å². The van der Waals surface area contributed by atoms with E-state index in [0.717, 1.165) is 24.0 Å². The van der Waals surface area contributed by atoms with Crippen molar-refractivity contribution in [3.63, 3.8) is 0 Å². The van der Waals surface area contributed by atoms with Crippen LogP contribution in [0.15, 0.2) is 36.4 Å². The Morgan fingerprint density at radius 1 is 1.15 bits per heavy atom. The summed E-state index contributed by atoms with van der Waals surface area (Å²) in [7, 11) is 0. The lowest BCUT2D eigenvalue weighted by Gasteiger charge is -2.16. The molecule has 20 heavy (non-hydrogen) atoms. The van der Waals surface area contributed by atoms with Gasteiger partial charge in [0.2, 0.25) is 0 Å². The van der Waals surface area contributed by atoms with Gasteiger partial charge in [-0.2, -0.15) is 0 Å². The van der Waals surface area contributed by atoms with Crippen LogP contribution in [-0.4, -0.2) is 0 Å². The fraction of sp³-hybridized carbons (Fsp3) is 0.294. The summed E-state index contributed by atoms with van der Waals surface area (Å²) in [5, 5.41) is 0. The molecule has 0 aliphatic carbocycles.